The summed E-state index contributed by atoms with van der Waals surface area (Å²) >= 11 is 0. The van der Waals surface area contributed by atoms with E-state index in [2.05, 4.69) is 54.9 Å². The Morgan fingerprint density at radius 2 is 1.74 bits per heavy atom. The van der Waals surface area contributed by atoms with Gasteiger partial charge in [-0.25, -0.2) is 9.97 Å². The van der Waals surface area contributed by atoms with E-state index in [1.165, 1.54) is 32.7 Å². The predicted octanol–water partition coefficient (Wildman–Crippen LogP) is 3.94. The topological polar surface area (TPSA) is 66.3 Å². The molecular formula is C27H36N6O. The summed E-state index contributed by atoms with van der Waals surface area (Å²) in [5.41, 5.74) is 2.19. The Hall–Kier alpha value is -2.77. The molecule has 2 aromatic heterocycles. The lowest BCUT2D eigenvalue weighted by Gasteiger charge is -2.36. The fraction of sp³-hybridized carbons (Fsp3) is 0.519. The van der Waals surface area contributed by atoms with Gasteiger partial charge in [-0.15, -0.1) is 0 Å². The normalized spacial score (nSPS) is 22.2. The number of carbonyl (C=O) groups is 1. The van der Waals surface area contributed by atoms with Gasteiger partial charge in [-0.3, -0.25) is 4.79 Å². The molecule has 1 amide bonds. The molecule has 1 aliphatic carbocycles. The van der Waals surface area contributed by atoms with E-state index in [1.807, 2.05) is 32.4 Å². The summed E-state index contributed by atoms with van der Waals surface area (Å²) < 4.78 is 2.09. The third-order valence-corrected chi connectivity index (χ3v) is 7.82. The van der Waals surface area contributed by atoms with Crippen molar-refractivity contribution in [2.24, 2.45) is 18.9 Å². The molecule has 2 aliphatic rings. The highest BCUT2D eigenvalue weighted by Gasteiger charge is 2.28. The molecule has 1 aliphatic heterocycles. The quantitative estimate of drug-likeness (QED) is 0.625. The number of hydrogen-bond donors (Lipinski definition) is 1. The summed E-state index contributed by atoms with van der Waals surface area (Å²) in [6, 6.07) is 8.30. The first-order chi connectivity index (χ1) is 16.5. The molecule has 2 fully saturated rings. The van der Waals surface area contributed by atoms with E-state index in [1.54, 1.807) is 0 Å². The second-order valence-electron chi connectivity index (χ2n) is 10.2. The minimum absolute atomic E-state index is 0.0880. The second kappa shape index (κ2) is 9.84. The molecule has 3 aromatic rings. The summed E-state index contributed by atoms with van der Waals surface area (Å²) in [4.78, 5) is 26.9. The van der Waals surface area contributed by atoms with E-state index in [0.717, 1.165) is 59.5 Å². The van der Waals surface area contributed by atoms with Crippen LogP contribution < -0.4 is 5.32 Å². The summed E-state index contributed by atoms with van der Waals surface area (Å²) in [6.07, 6.45) is 7.98. The van der Waals surface area contributed by atoms with Gasteiger partial charge in [-0.05, 0) is 63.1 Å². The third kappa shape index (κ3) is 5.00. The molecule has 0 atom stereocenters. The molecule has 34 heavy (non-hydrogen) atoms. The summed E-state index contributed by atoms with van der Waals surface area (Å²) in [5, 5.41) is 5.22. The van der Waals surface area contributed by atoms with E-state index >= 15 is 0 Å². The van der Waals surface area contributed by atoms with Crippen molar-refractivity contribution in [3.8, 4) is 11.3 Å². The number of rotatable bonds is 5. The van der Waals surface area contributed by atoms with Crippen molar-refractivity contribution in [1.82, 2.24) is 24.3 Å². The van der Waals surface area contributed by atoms with Gasteiger partial charge in [-0.2, -0.15) is 0 Å². The summed E-state index contributed by atoms with van der Waals surface area (Å²) in [6.45, 7) is 7.87. The Balaban J connectivity index is 1.19. The van der Waals surface area contributed by atoms with Gasteiger partial charge in [0.05, 0.1) is 11.9 Å². The lowest BCUT2D eigenvalue weighted by atomic mass is 9.81. The zero-order valence-electron chi connectivity index (χ0n) is 20.6. The molecule has 7 nitrogen and oxygen atoms in total. The molecule has 1 saturated carbocycles. The largest absolute Gasteiger partial charge is 0.331 e. The Kier molecular flexibility index (Phi) is 6.66. The maximum Gasteiger partial charge on any atom is 0.228 e. The highest BCUT2D eigenvalue weighted by atomic mass is 16.1. The molecule has 180 valence electrons. The first-order valence-electron chi connectivity index (χ1n) is 12.6. The lowest BCUT2D eigenvalue weighted by molar-refractivity contribution is -0.121. The van der Waals surface area contributed by atoms with E-state index < -0.39 is 0 Å². The van der Waals surface area contributed by atoms with Gasteiger partial charge in [0.2, 0.25) is 5.91 Å². The molecule has 1 saturated heterocycles. The van der Waals surface area contributed by atoms with Crippen LogP contribution in [-0.4, -0.2) is 70.0 Å². The van der Waals surface area contributed by atoms with E-state index in [9.17, 15) is 4.79 Å². The van der Waals surface area contributed by atoms with Crippen molar-refractivity contribution in [2.75, 3.05) is 45.1 Å². The number of imidazole rings is 1. The van der Waals surface area contributed by atoms with Gasteiger partial charge in [0.1, 0.15) is 11.6 Å². The lowest BCUT2D eigenvalue weighted by Crippen LogP contribution is -2.46. The Morgan fingerprint density at radius 1 is 0.971 bits per heavy atom. The molecule has 1 N–H and O–H groups in total. The number of aryl methyl sites for hydroxylation is 1. The van der Waals surface area contributed by atoms with Crippen LogP contribution >= 0.6 is 0 Å². The highest BCUT2D eigenvalue weighted by Crippen LogP contribution is 2.31. The highest BCUT2D eigenvalue weighted by molar-refractivity contribution is 5.95. The van der Waals surface area contributed by atoms with Gasteiger partial charge in [0.25, 0.3) is 0 Å². The number of carbonyl (C=O) groups excluding carboxylic acids is 1. The fourth-order valence-electron chi connectivity index (χ4n) is 5.37. The van der Waals surface area contributed by atoms with Gasteiger partial charge >= 0.3 is 0 Å². The van der Waals surface area contributed by atoms with Crippen LogP contribution in [0.5, 0.6) is 0 Å². The van der Waals surface area contributed by atoms with E-state index in [-0.39, 0.29) is 11.8 Å². The number of aromatic nitrogens is 3. The SMILES string of the molecule is Cc1ncc(-c2ccc3cnc(NC(=O)C4CCC(CN5CCN(C)CC5)CC4)cc3c2)n1C. The third-order valence-electron chi connectivity index (χ3n) is 7.82. The van der Waals surface area contributed by atoms with Gasteiger partial charge in [0.15, 0.2) is 0 Å². The number of nitrogens with zero attached hydrogens (tertiary/aromatic N) is 5. The number of piperazine rings is 1. The first kappa shape index (κ1) is 23.0. The number of benzene rings is 1. The van der Waals surface area contributed by atoms with Gasteiger partial charge < -0.3 is 19.7 Å². The second-order valence-corrected chi connectivity index (χ2v) is 10.2. The average Bonchev–Trinajstić information content (AvgIpc) is 3.18. The molecule has 0 spiro atoms. The van der Waals surface area contributed by atoms with Crippen LogP contribution in [-0.2, 0) is 11.8 Å². The van der Waals surface area contributed by atoms with Gasteiger partial charge in [0, 0.05) is 62.8 Å². The molecule has 5 rings (SSSR count). The molecule has 0 radical (unpaired) electrons. The van der Waals surface area contributed by atoms with E-state index in [0.29, 0.717) is 5.82 Å². The van der Waals surface area contributed by atoms with Crippen molar-refractivity contribution in [3.05, 3.63) is 42.5 Å². The maximum absolute atomic E-state index is 13.0. The fourth-order valence-corrected chi connectivity index (χ4v) is 5.37. The van der Waals surface area contributed by atoms with E-state index in [4.69, 9.17) is 0 Å². The number of nitrogens with one attached hydrogen (secondary N) is 1. The van der Waals surface area contributed by atoms with Gasteiger partial charge in [-0.1, -0.05) is 12.1 Å². The average molecular weight is 461 g/mol. The van der Waals surface area contributed by atoms with Crippen molar-refractivity contribution in [1.29, 1.82) is 0 Å². The van der Waals surface area contributed by atoms with Crippen LogP contribution in [0.1, 0.15) is 31.5 Å². The first-order valence-corrected chi connectivity index (χ1v) is 12.6. The Bertz CT molecular complexity index is 1160. The Labute approximate surface area is 202 Å². The number of fused-ring (bicyclic) bond motifs is 1. The van der Waals surface area contributed by atoms with Crippen molar-refractivity contribution < 1.29 is 4.79 Å². The smallest absolute Gasteiger partial charge is 0.228 e. The summed E-state index contributed by atoms with van der Waals surface area (Å²) in [7, 11) is 4.23. The molecule has 1 aromatic carbocycles. The van der Waals surface area contributed by atoms with Crippen LogP contribution in [0.3, 0.4) is 0 Å². The molecule has 0 unspecified atom stereocenters. The molecule has 7 heteroatoms. The van der Waals surface area contributed by atoms with Crippen LogP contribution in [0.15, 0.2) is 36.7 Å². The van der Waals surface area contributed by atoms with Crippen molar-refractivity contribution in [3.63, 3.8) is 0 Å². The molecule has 3 heterocycles. The number of anilines is 1. The van der Waals surface area contributed by atoms with Crippen LogP contribution in [0, 0.1) is 18.8 Å². The maximum atomic E-state index is 13.0. The standard InChI is InChI=1S/C27H36N6O/c1-19-28-17-25(32(19)3)22-8-9-23-16-29-26(15-24(23)14-22)30-27(34)21-6-4-20(5-7-21)18-33-12-10-31(2)11-13-33/h8-9,14-17,20-21H,4-7,10-13,18H2,1-3H3,(H,29,30,34). The van der Waals surface area contributed by atoms with Crippen LogP contribution in [0.2, 0.25) is 0 Å². The number of likely N-dealkylation sites (N-methyl/N-ethyl adjacent to an activating group) is 1. The zero-order chi connectivity index (χ0) is 23.7. The monoisotopic (exact) mass is 460 g/mol. The number of amides is 1. The Morgan fingerprint density at radius 3 is 2.44 bits per heavy atom. The van der Waals surface area contributed by atoms with Crippen molar-refractivity contribution in [2.45, 2.75) is 32.6 Å². The number of pyridine rings is 1. The molecule has 0 bridgehead atoms. The van der Waals surface area contributed by atoms with Crippen LogP contribution in [0.25, 0.3) is 22.0 Å². The van der Waals surface area contributed by atoms with Crippen LogP contribution in [0.4, 0.5) is 5.82 Å². The number of hydrogen-bond acceptors (Lipinski definition) is 5. The minimum Gasteiger partial charge on any atom is -0.331 e. The summed E-state index contributed by atoms with van der Waals surface area (Å²) in [5.74, 6) is 2.54. The zero-order valence-corrected chi connectivity index (χ0v) is 20.6. The minimum atomic E-state index is 0.0880. The predicted molar refractivity (Wildman–Crippen MR) is 137 cm³/mol. The van der Waals surface area contributed by atoms with Crippen molar-refractivity contribution >= 4 is 22.5 Å². The molecular weight excluding hydrogens is 424 g/mol.